The second-order valence-corrected chi connectivity index (χ2v) is 7.13. The van der Waals surface area contributed by atoms with Gasteiger partial charge in [0.05, 0.1) is 0 Å². The number of rotatable bonds is 8. The maximum Gasteiger partial charge on any atom is 0.222 e. The average Bonchev–Trinajstić information content (AvgIpc) is 2.99. The summed E-state index contributed by atoms with van der Waals surface area (Å²) in [5.74, 6) is 1.85. The van der Waals surface area contributed by atoms with Gasteiger partial charge in [-0.1, -0.05) is 38.1 Å². The molecule has 1 heterocycles. The summed E-state index contributed by atoms with van der Waals surface area (Å²) in [4.78, 5) is 18.0. The minimum Gasteiger partial charge on any atom is -0.356 e. The van der Waals surface area contributed by atoms with Crippen molar-refractivity contribution in [1.82, 2.24) is 15.5 Å². The molecule has 2 N–H and O–H groups in total. The first-order valence-corrected chi connectivity index (χ1v) is 9.38. The molecule has 1 aliphatic rings. The van der Waals surface area contributed by atoms with Crippen LogP contribution >= 0.6 is 0 Å². The van der Waals surface area contributed by atoms with Gasteiger partial charge in [0.1, 0.15) is 0 Å². The Bertz CT molecular complexity index is 583. The van der Waals surface area contributed by atoms with E-state index in [0.717, 1.165) is 50.9 Å². The number of nitrogens with zero attached hydrogens (tertiary/aromatic N) is 2. The number of benzene rings is 1. The molecule has 2 rings (SSSR count). The van der Waals surface area contributed by atoms with Gasteiger partial charge in [-0.15, -0.1) is 0 Å². The Hall–Kier alpha value is -2.04. The minimum absolute atomic E-state index is 0.273. The summed E-state index contributed by atoms with van der Waals surface area (Å²) >= 11 is 0. The predicted octanol–water partition coefficient (Wildman–Crippen LogP) is 2.91. The number of nitrogens with one attached hydrogen (secondary N) is 2. The first-order valence-electron chi connectivity index (χ1n) is 9.38. The lowest BCUT2D eigenvalue weighted by Gasteiger charge is -2.16. The van der Waals surface area contributed by atoms with Gasteiger partial charge in [0.25, 0.3) is 0 Å². The van der Waals surface area contributed by atoms with Gasteiger partial charge < -0.3 is 15.5 Å². The van der Waals surface area contributed by atoms with Crippen LogP contribution in [0.5, 0.6) is 0 Å². The van der Waals surface area contributed by atoms with E-state index in [2.05, 4.69) is 53.7 Å². The Morgan fingerprint density at radius 3 is 2.76 bits per heavy atom. The van der Waals surface area contributed by atoms with Gasteiger partial charge >= 0.3 is 0 Å². The molecule has 1 amide bonds. The molecule has 1 saturated heterocycles. The summed E-state index contributed by atoms with van der Waals surface area (Å²) in [6.45, 7) is 7.76. The predicted molar refractivity (Wildman–Crippen MR) is 103 cm³/mol. The van der Waals surface area contributed by atoms with Crippen molar-refractivity contribution in [1.29, 1.82) is 0 Å². The van der Waals surface area contributed by atoms with Crippen LogP contribution in [0.15, 0.2) is 29.3 Å². The van der Waals surface area contributed by atoms with E-state index in [1.165, 1.54) is 17.5 Å². The van der Waals surface area contributed by atoms with Gasteiger partial charge in [-0.2, -0.15) is 0 Å². The molecule has 0 aliphatic carbocycles. The lowest BCUT2D eigenvalue weighted by atomic mass is 10.1. The van der Waals surface area contributed by atoms with Crippen molar-refractivity contribution in [2.45, 2.75) is 52.6 Å². The maximum atomic E-state index is 11.8. The number of amides is 1. The van der Waals surface area contributed by atoms with Gasteiger partial charge in [-0.3, -0.25) is 9.79 Å². The van der Waals surface area contributed by atoms with Gasteiger partial charge in [-0.05, 0) is 36.3 Å². The number of hydrogen-bond donors (Lipinski definition) is 2. The van der Waals surface area contributed by atoms with Gasteiger partial charge in [0.15, 0.2) is 5.96 Å². The van der Waals surface area contributed by atoms with E-state index >= 15 is 0 Å². The molecule has 25 heavy (non-hydrogen) atoms. The first kappa shape index (κ1) is 19.3. The third-order valence-corrected chi connectivity index (χ3v) is 4.47. The zero-order valence-electron chi connectivity index (χ0n) is 15.8. The van der Waals surface area contributed by atoms with Crippen molar-refractivity contribution in [3.63, 3.8) is 0 Å². The van der Waals surface area contributed by atoms with Gasteiger partial charge in [0, 0.05) is 39.6 Å². The Labute approximate surface area is 151 Å². The SMILES string of the molecule is CN=C(NCCCC(C)C)NCc1cccc(CN2CCCC2=O)c1. The van der Waals surface area contributed by atoms with E-state index < -0.39 is 0 Å². The Balaban J connectivity index is 1.79. The highest BCUT2D eigenvalue weighted by Gasteiger charge is 2.19. The van der Waals surface area contributed by atoms with Crippen molar-refractivity contribution in [2.75, 3.05) is 20.1 Å². The lowest BCUT2D eigenvalue weighted by molar-refractivity contribution is -0.128. The second-order valence-electron chi connectivity index (χ2n) is 7.13. The number of carbonyl (C=O) groups is 1. The highest BCUT2D eigenvalue weighted by atomic mass is 16.2. The highest BCUT2D eigenvalue weighted by molar-refractivity contribution is 5.79. The normalized spacial score (nSPS) is 15.1. The van der Waals surface area contributed by atoms with Crippen molar-refractivity contribution < 1.29 is 4.79 Å². The standard InChI is InChI=1S/C20H32N4O/c1-16(2)7-5-11-22-20(21-3)23-14-17-8-4-9-18(13-17)15-24-12-6-10-19(24)25/h4,8-9,13,16H,5-7,10-12,14-15H2,1-3H3,(H2,21,22,23). The fourth-order valence-electron chi connectivity index (χ4n) is 3.05. The highest BCUT2D eigenvalue weighted by Crippen LogP contribution is 2.15. The molecule has 0 radical (unpaired) electrons. The molecule has 0 unspecified atom stereocenters. The van der Waals surface area contributed by atoms with Gasteiger partial charge in [0.2, 0.25) is 5.91 Å². The molecule has 1 aromatic carbocycles. The van der Waals surface area contributed by atoms with Crippen LogP contribution in [-0.4, -0.2) is 36.9 Å². The summed E-state index contributed by atoms with van der Waals surface area (Å²) in [6.07, 6.45) is 4.05. The zero-order valence-corrected chi connectivity index (χ0v) is 15.8. The molecular weight excluding hydrogens is 312 g/mol. The maximum absolute atomic E-state index is 11.8. The van der Waals surface area contributed by atoms with Crippen LogP contribution in [0.1, 0.15) is 50.7 Å². The van der Waals surface area contributed by atoms with Crippen LogP contribution in [0.2, 0.25) is 0 Å². The van der Waals surface area contributed by atoms with E-state index in [4.69, 9.17) is 0 Å². The number of likely N-dealkylation sites (tertiary alicyclic amines) is 1. The Morgan fingerprint density at radius 1 is 1.28 bits per heavy atom. The van der Waals surface area contributed by atoms with Crippen LogP contribution < -0.4 is 10.6 Å². The number of aliphatic imine (C=N–C) groups is 1. The quantitative estimate of drug-likeness (QED) is 0.433. The lowest BCUT2D eigenvalue weighted by Crippen LogP contribution is -2.37. The molecule has 0 saturated carbocycles. The summed E-state index contributed by atoms with van der Waals surface area (Å²) in [5.41, 5.74) is 2.39. The average molecular weight is 345 g/mol. The summed E-state index contributed by atoms with van der Waals surface area (Å²) in [7, 11) is 1.80. The van der Waals surface area contributed by atoms with Crippen LogP contribution in [0, 0.1) is 5.92 Å². The third kappa shape index (κ3) is 6.77. The molecular formula is C20H32N4O. The second kappa shape index (κ2) is 10.1. The summed E-state index contributed by atoms with van der Waals surface area (Å²) in [6, 6.07) is 8.43. The summed E-state index contributed by atoms with van der Waals surface area (Å²) in [5, 5.41) is 6.72. The first-order chi connectivity index (χ1) is 12.1. The molecule has 138 valence electrons. The summed E-state index contributed by atoms with van der Waals surface area (Å²) < 4.78 is 0. The van der Waals surface area contributed by atoms with Crippen LogP contribution in [0.3, 0.4) is 0 Å². The van der Waals surface area contributed by atoms with Gasteiger partial charge in [-0.25, -0.2) is 0 Å². The van der Waals surface area contributed by atoms with Crippen molar-refractivity contribution in [2.24, 2.45) is 10.9 Å². The van der Waals surface area contributed by atoms with Crippen molar-refractivity contribution in [3.8, 4) is 0 Å². The molecule has 0 atom stereocenters. The van der Waals surface area contributed by atoms with Crippen LogP contribution in [0.4, 0.5) is 0 Å². The topological polar surface area (TPSA) is 56.7 Å². The molecule has 0 aromatic heterocycles. The molecule has 5 heteroatoms. The van der Waals surface area contributed by atoms with E-state index in [-0.39, 0.29) is 5.91 Å². The number of guanidine groups is 1. The minimum atomic E-state index is 0.273. The van der Waals surface area contributed by atoms with E-state index in [0.29, 0.717) is 6.42 Å². The fourth-order valence-corrected chi connectivity index (χ4v) is 3.05. The molecule has 5 nitrogen and oxygen atoms in total. The fraction of sp³-hybridized carbons (Fsp3) is 0.600. The molecule has 1 aliphatic heterocycles. The Morgan fingerprint density at radius 2 is 2.08 bits per heavy atom. The van der Waals surface area contributed by atoms with Crippen molar-refractivity contribution >= 4 is 11.9 Å². The number of hydrogen-bond acceptors (Lipinski definition) is 2. The molecule has 1 aromatic rings. The third-order valence-electron chi connectivity index (χ3n) is 4.47. The monoisotopic (exact) mass is 344 g/mol. The molecule has 1 fully saturated rings. The molecule has 0 spiro atoms. The number of carbonyl (C=O) groups excluding carboxylic acids is 1. The van der Waals surface area contributed by atoms with Crippen LogP contribution in [-0.2, 0) is 17.9 Å². The zero-order chi connectivity index (χ0) is 18.1. The van der Waals surface area contributed by atoms with Crippen molar-refractivity contribution in [3.05, 3.63) is 35.4 Å². The smallest absolute Gasteiger partial charge is 0.222 e. The van der Waals surface area contributed by atoms with Crippen LogP contribution in [0.25, 0.3) is 0 Å². The largest absolute Gasteiger partial charge is 0.356 e. The van der Waals surface area contributed by atoms with E-state index in [9.17, 15) is 4.79 Å². The van der Waals surface area contributed by atoms with E-state index in [1.54, 1.807) is 7.05 Å². The Kier molecular flexibility index (Phi) is 7.76. The van der Waals surface area contributed by atoms with E-state index in [1.807, 2.05) is 4.90 Å². The molecule has 0 bridgehead atoms.